The number of thioether (sulfide) groups is 1. The van der Waals surface area contributed by atoms with Crippen molar-refractivity contribution in [3.05, 3.63) is 24.0 Å². The van der Waals surface area contributed by atoms with Crippen LogP contribution in [0.15, 0.2) is 23.1 Å². The molecule has 0 saturated heterocycles. The monoisotopic (exact) mass is 277 g/mol. The molecular weight excluding hydrogens is 261 g/mol. The molecule has 17 heavy (non-hydrogen) atoms. The third-order valence-corrected chi connectivity index (χ3v) is 5.79. The van der Waals surface area contributed by atoms with Gasteiger partial charge in [0.05, 0.1) is 16.7 Å². The second-order valence-corrected chi connectivity index (χ2v) is 7.79. The Labute approximate surface area is 106 Å². The van der Waals surface area contributed by atoms with Crippen molar-refractivity contribution in [1.82, 2.24) is 0 Å². The van der Waals surface area contributed by atoms with Crippen molar-refractivity contribution in [2.75, 3.05) is 17.2 Å². The summed E-state index contributed by atoms with van der Waals surface area (Å²) >= 11 is 1.31. The Morgan fingerprint density at radius 3 is 2.59 bits per heavy atom. The van der Waals surface area contributed by atoms with Crippen LogP contribution in [0.5, 0.6) is 0 Å². The van der Waals surface area contributed by atoms with Crippen LogP contribution in [0.2, 0.25) is 0 Å². The number of halogens is 1. The van der Waals surface area contributed by atoms with E-state index in [9.17, 15) is 12.8 Å². The number of sulfone groups is 1. The molecular formula is C11H16FNO2S2. The van der Waals surface area contributed by atoms with Gasteiger partial charge < -0.3 is 5.73 Å². The zero-order valence-corrected chi connectivity index (χ0v) is 11.4. The van der Waals surface area contributed by atoms with Gasteiger partial charge in [0.2, 0.25) is 0 Å². The largest absolute Gasteiger partial charge is 0.396 e. The highest BCUT2D eigenvalue weighted by Gasteiger charge is 2.15. The third kappa shape index (κ3) is 4.20. The summed E-state index contributed by atoms with van der Waals surface area (Å²) in [5, 5.41) is -0.369. The Morgan fingerprint density at radius 1 is 1.41 bits per heavy atom. The lowest BCUT2D eigenvalue weighted by Crippen LogP contribution is -2.18. The molecule has 1 aromatic carbocycles. The standard InChI is InChI=1S/C11H16FNO2S2/c1-8(2)17(14,15)6-5-16-9-3-4-11(13)10(12)7-9/h3-4,7-8H,5-6,13H2,1-2H3. The first-order valence-electron chi connectivity index (χ1n) is 5.22. The van der Waals surface area contributed by atoms with E-state index in [1.807, 2.05) is 0 Å². The average Bonchev–Trinajstić information content (AvgIpc) is 2.23. The van der Waals surface area contributed by atoms with Gasteiger partial charge in [-0.3, -0.25) is 0 Å². The van der Waals surface area contributed by atoms with Crippen LogP contribution in [0.1, 0.15) is 13.8 Å². The third-order valence-electron chi connectivity index (χ3n) is 2.33. The van der Waals surface area contributed by atoms with Gasteiger partial charge in [0.25, 0.3) is 0 Å². The molecule has 0 aliphatic rings. The molecule has 0 aromatic heterocycles. The second kappa shape index (κ2) is 5.73. The lowest BCUT2D eigenvalue weighted by atomic mass is 10.3. The quantitative estimate of drug-likeness (QED) is 0.663. The summed E-state index contributed by atoms with van der Waals surface area (Å²) in [7, 11) is -3.03. The van der Waals surface area contributed by atoms with E-state index in [4.69, 9.17) is 5.73 Å². The van der Waals surface area contributed by atoms with Crippen LogP contribution < -0.4 is 5.73 Å². The molecule has 0 bridgehead atoms. The minimum atomic E-state index is -3.03. The van der Waals surface area contributed by atoms with E-state index < -0.39 is 15.7 Å². The van der Waals surface area contributed by atoms with Gasteiger partial charge in [-0.1, -0.05) is 0 Å². The molecule has 1 aromatic rings. The number of benzene rings is 1. The summed E-state index contributed by atoms with van der Waals surface area (Å²) in [6.45, 7) is 3.31. The molecule has 0 fully saturated rings. The van der Waals surface area contributed by atoms with E-state index in [1.165, 1.54) is 23.9 Å². The molecule has 0 aliphatic heterocycles. The maximum Gasteiger partial charge on any atom is 0.153 e. The predicted octanol–water partition coefficient (Wildman–Crippen LogP) is 2.32. The second-order valence-electron chi connectivity index (χ2n) is 3.95. The molecule has 0 amide bonds. The fourth-order valence-corrected chi connectivity index (χ4v) is 3.43. The molecule has 1 rings (SSSR count). The number of rotatable bonds is 5. The van der Waals surface area contributed by atoms with E-state index in [2.05, 4.69) is 0 Å². The SMILES string of the molecule is CC(C)S(=O)(=O)CCSc1ccc(N)c(F)c1. The molecule has 0 heterocycles. The highest BCUT2D eigenvalue weighted by Crippen LogP contribution is 2.22. The highest BCUT2D eigenvalue weighted by atomic mass is 32.2. The summed E-state index contributed by atoms with van der Waals surface area (Å²) in [6, 6.07) is 4.49. The first kappa shape index (κ1) is 14.3. The lowest BCUT2D eigenvalue weighted by Gasteiger charge is -2.07. The molecule has 6 heteroatoms. The van der Waals surface area contributed by atoms with Crippen LogP contribution >= 0.6 is 11.8 Å². The Morgan fingerprint density at radius 2 is 2.06 bits per heavy atom. The van der Waals surface area contributed by atoms with Crippen LogP contribution in [0, 0.1) is 5.82 Å². The normalized spacial score (nSPS) is 12.0. The summed E-state index contributed by atoms with van der Waals surface area (Å²) in [4.78, 5) is 0.690. The Bertz CT molecular complexity index is 486. The number of nitrogen functional groups attached to an aromatic ring is 1. The smallest absolute Gasteiger partial charge is 0.153 e. The topological polar surface area (TPSA) is 60.2 Å². The number of hydrogen-bond donors (Lipinski definition) is 1. The fourth-order valence-electron chi connectivity index (χ4n) is 1.11. The maximum atomic E-state index is 13.1. The summed E-state index contributed by atoms with van der Waals surface area (Å²) in [5.41, 5.74) is 5.45. The van der Waals surface area contributed by atoms with Crippen molar-refractivity contribution in [2.24, 2.45) is 0 Å². The van der Waals surface area contributed by atoms with E-state index >= 15 is 0 Å². The lowest BCUT2D eigenvalue weighted by molar-refractivity contribution is 0.589. The molecule has 0 radical (unpaired) electrons. The zero-order valence-electron chi connectivity index (χ0n) is 9.81. The summed E-state index contributed by atoms with van der Waals surface area (Å²) in [5.74, 6) is 0.0484. The average molecular weight is 277 g/mol. The molecule has 0 spiro atoms. The zero-order chi connectivity index (χ0) is 13.1. The highest BCUT2D eigenvalue weighted by molar-refractivity contribution is 8.00. The molecule has 3 nitrogen and oxygen atoms in total. The van der Waals surface area contributed by atoms with Gasteiger partial charge in [-0.05, 0) is 32.0 Å². The van der Waals surface area contributed by atoms with Gasteiger partial charge in [0.1, 0.15) is 5.82 Å². The molecule has 96 valence electrons. The van der Waals surface area contributed by atoms with E-state index in [0.717, 1.165) is 0 Å². The van der Waals surface area contributed by atoms with Gasteiger partial charge in [-0.25, -0.2) is 12.8 Å². The van der Waals surface area contributed by atoms with Crippen LogP contribution in [-0.4, -0.2) is 25.2 Å². The maximum absolute atomic E-state index is 13.1. The van der Waals surface area contributed by atoms with E-state index in [-0.39, 0.29) is 16.7 Å². The first-order chi connectivity index (χ1) is 7.83. The molecule has 0 unspecified atom stereocenters. The minimum absolute atomic E-state index is 0.0985. The van der Waals surface area contributed by atoms with Crippen molar-refractivity contribution in [3.63, 3.8) is 0 Å². The Kier molecular flexibility index (Phi) is 4.82. The first-order valence-corrected chi connectivity index (χ1v) is 7.92. The van der Waals surface area contributed by atoms with Gasteiger partial charge in [-0.2, -0.15) is 0 Å². The van der Waals surface area contributed by atoms with Crippen LogP contribution in [0.3, 0.4) is 0 Å². The van der Waals surface area contributed by atoms with Crippen LogP contribution in [-0.2, 0) is 9.84 Å². The number of anilines is 1. The van der Waals surface area contributed by atoms with Gasteiger partial charge in [0, 0.05) is 10.6 Å². The van der Waals surface area contributed by atoms with Crippen LogP contribution in [0.4, 0.5) is 10.1 Å². The van der Waals surface area contributed by atoms with E-state index in [0.29, 0.717) is 10.6 Å². The summed E-state index contributed by atoms with van der Waals surface area (Å²) < 4.78 is 36.2. The number of nitrogens with two attached hydrogens (primary N) is 1. The Balaban J connectivity index is 2.55. The van der Waals surface area contributed by atoms with E-state index in [1.54, 1.807) is 19.9 Å². The number of hydrogen-bond acceptors (Lipinski definition) is 4. The fraction of sp³-hybridized carbons (Fsp3) is 0.455. The van der Waals surface area contributed by atoms with Crippen molar-refractivity contribution in [1.29, 1.82) is 0 Å². The molecule has 2 N–H and O–H groups in total. The van der Waals surface area contributed by atoms with Crippen molar-refractivity contribution in [2.45, 2.75) is 24.0 Å². The van der Waals surface area contributed by atoms with Crippen molar-refractivity contribution in [3.8, 4) is 0 Å². The van der Waals surface area contributed by atoms with Crippen molar-refractivity contribution < 1.29 is 12.8 Å². The van der Waals surface area contributed by atoms with Gasteiger partial charge in [-0.15, -0.1) is 11.8 Å². The van der Waals surface area contributed by atoms with Crippen molar-refractivity contribution >= 4 is 27.3 Å². The molecule has 0 aliphatic carbocycles. The molecule has 0 saturated carbocycles. The molecule has 0 atom stereocenters. The Hall–Kier alpha value is -0.750. The predicted molar refractivity (Wildman–Crippen MR) is 70.5 cm³/mol. The van der Waals surface area contributed by atoms with Gasteiger partial charge >= 0.3 is 0 Å². The minimum Gasteiger partial charge on any atom is -0.396 e. The summed E-state index contributed by atoms with van der Waals surface area (Å²) in [6.07, 6.45) is 0. The van der Waals surface area contributed by atoms with Crippen LogP contribution in [0.25, 0.3) is 0 Å². The van der Waals surface area contributed by atoms with Gasteiger partial charge in [0.15, 0.2) is 9.84 Å².